The van der Waals surface area contributed by atoms with Gasteiger partial charge in [-0.25, -0.2) is 0 Å². The maximum absolute atomic E-state index is 12.1. The third kappa shape index (κ3) is 3.86. The zero-order valence-corrected chi connectivity index (χ0v) is 17.8. The SMILES string of the molecule is CN(C)C1=C(Cl)C(=O)c2ccccc2C1=O.O=C1C=C(CCl)C(=O)c2ccccc21. The monoisotopic (exact) mass is 441 g/mol. The van der Waals surface area contributed by atoms with Gasteiger partial charge in [0, 0.05) is 41.9 Å². The van der Waals surface area contributed by atoms with E-state index in [1.54, 1.807) is 67.5 Å². The summed E-state index contributed by atoms with van der Waals surface area (Å²) in [6.07, 6.45) is 1.32. The van der Waals surface area contributed by atoms with E-state index in [-0.39, 0.29) is 39.7 Å². The Morgan fingerprint density at radius 2 is 1.20 bits per heavy atom. The van der Waals surface area contributed by atoms with E-state index in [4.69, 9.17) is 23.2 Å². The highest BCUT2D eigenvalue weighted by molar-refractivity contribution is 6.49. The number of hydrogen-bond acceptors (Lipinski definition) is 5. The van der Waals surface area contributed by atoms with Crippen LogP contribution in [0.4, 0.5) is 0 Å². The maximum atomic E-state index is 12.1. The van der Waals surface area contributed by atoms with Gasteiger partial charge in [0.25, 0.3) is 0 Å². The van der Waals surface area contributed by atoms with Gasteiger partial charge in [-0.15, -0.1) is 11.6 Å². The second-order valence-electron chi connectivity index (χ2n) is 6.80. The largest absolute Gasteiger partial charge is 0.373 e. The molecule has 7 heteroatoms. The van der Waals surface area contributed by atoms with Crippen molar-refractivity contribution in [3.05, 3.63) is 93.2 Å². The summed E-state index contributed by atoms with van der Waals surface area (Å²) in [5, 5.41) is -0.00583. The van der Waals surface area contributed by atoms with E-state index in [1.165, 1.54) is 6.08 Å². The lowest BCUT2D eigenvalue weighted by Gasteiger charge is -2.22. The highest BCUT2D eigenvalue weighted by Gasteiger charge is 2.32. The molecule has 2 aromatic rings. The Balaban J connectivity index is 0.000000172. The van der Waals surface area contributed by atoms with E-state index in [1.807, 2.05) is 0 Å². The second-order valence-corrected chi connectivity index (χ2v) is 7.45. The van der Waals surface area contributed by atoms with Crippen LogP contribution in [0.3, 0.4) is 0 Å². The van der Waals surface area contributed by atoms with E-state index in [9.17, 15) is 19.2 Å². The summed E-state index contributed by atoms with van der Waals surface area (Å²) in [6, 6.07) is 13.5. The number of benzene rings is 2. The molecular formula is C23H17Cl2NO4. The molecular weight excluding hydrogens is 425 g/mol. The fourth-order valence-electron chi connectivity index (χ4n) is 3.20. The average molecular weight is 442 g/mol. The van der Waals surface area contributed by atoms with E-state index in [0.29, 0.717) is 27.8 Å². The molecule has 0 aliphatic heterocycles. The lowest BCUT2D eigenvalue weighted by atomic mass is 9.90. The average Bonchev–Trinajstić information content (AvgIpc) is 2.75. The highest BCUT2D eigenvalue weighted by atomic mass is 35.5. The minimum atomic E-state index is -0.291. The predicted molar refractivity (Wildman–Crippen MR) is 116 cm³/mol. The molecule has 4 rings (SSSR count). The molecule has 0 N–H and O–H groups in total. The summed E-state index contributed by atoms with van der Waals surface area (Å²) in [4.78, 5) is 48.8. The second kappa shape index (κ2) is 8.78. The van der Waals surface area contributed by atoms with Gasteiger partial charge in [0.05, 0.1) is 5.88 Å². The third-order valence-corrected chi connectivity index (χ3v) is 5.30. The first-order valence-corrected chi connectivity index (χ1v) is 9.89. The van der Waals surface area contributed by atoms with Crippen LogP contribution in [-0.2, 0) is 0 Å². The molecule has 2 aromatic carbocycles. The van der Waals surface area contributed by atoms with E-state index in [0.717, 1.165) is 0 Å². The standard InChI is InChI=1S/C12H10ClNO2.C11H7ClO2/c1-14(2)10-9(13)11(15)7-5-3-4-6-8(7)12(10)16;12-6-7-5-10(13)8-3-1-2-4-9(8)11(7)14/h3-6H,1-2H3;1-5H,6H2. The van der Waals surface area contributed by atoms with Crippen LogP contribution in [0.5, 0.6) is 0 Å². The number of likely N-dealkylation sites (N-methyl/N-ethyl adjacent to an activating group) is 1. The number of nitrogens with zero attached hydrogens (tertiary/aromatic N) is 1. The Labute approximate surface area is 183 Å². The van der Waals surface area contributed by atoms with E-state index < -0.39 is 0 Å². The zero-order chi connectivity index (χ0) is 22.0. The van der Waals surface area contributed by atoms with Gasteiger partial charge in [-0.3, -0.25) is 19.2 Å². The number of allylic oxidation sites excluding steroid dienone is 4. The summed E-state index contributed by atoms with van der Waals surface area (Å²) < 4.78 is 0. The normalized spacial score (nSPS) is 15.1. The summed E-state index contributed by atoms with van der Waals surface area (Å²) in [5.41, 5.74) is 2.34. The minimum absolute atomic E-state index is 0.00583. The predicted octanol–water partition coefficient (Wildman–Crippen LogP) is 4.31. The van der Waals surface area contributed by atoms with Crippen LogP contribution < -0.4 is 0 Å². The molecule has 0 spiro atoms. The van der Waals surface area contributed by atoms with Crippen molar-refractivity contribution in [1.29, 1.82) is 0 Å². The molecule has 0 bridgehead atoms. The lowest BCUT2D eigenvalue weighted by molar-refractivity contribution is 0.0959. The number of Topliss-reactive ketones (excluding diaryl/α,β-unsaturated/α-hetero) is 3. The number of carbonyl (C=O) groups excluding carboxylic acids is 4. The Bertz CT molecular complexity index is 1150. The summed E-state index contributed by atoms with van der Waals surface area (Å²) in [7, 11) is 3.38. The van der Waals surface area contributed by atoms with Crippen LogP contribution in [0.2, 0.25) is 0 Å². The fourth-order valence-corrected chi connectivity index (χ4v) is 3.76. The van der Waals surface area contributed by atoms with Gasteiger partial charge in [0.15, 0.2) is 11.6 Å². The van der Waals surface area contributed by atoms with Gasteiger partial charge in [-0.05, 0) is 6.08 Å². The molecule has 0 aromatic heterocycles. The first-order chi connectivity index (χ1) is 14.3. The van der Waals surface area contributed by atoms with Gasteiger partial charge >= 0.3 is 0 Å². The molecule has 2 aliphatic carbocycles. The van der Waals surface area contributed by atoms with Crippen molar-refractivity contribution in [2.24, 2.45) is 0 Å². The molecule has 0 saturated carbocycles. The molecule has 2 aliphatic rings. The number of carbonyl (C=O) groups is 4. The molecule has 0 unspecified atom stereocenters. The van der Waals surface area contributed by atoms with Crippen molar-refractivity contribution in [2.75, 3.05) is 20.0 Å². The summed E-state index contributed by atoms with van der Waals surface area (Å²) >= 11 is 11.5. The Morgan fingerprint density at radius 3 is 1.70 bits per heavy atom. The Kier molecular flexibility index (Phi) is 6.34. The van der Waals surface area contributed by atoms with Crippen molar-refractivity contribution >= 4 is 46.3 Å². The minimum Gasteiger partial charge on any atom is -0.373 e. The van der Waals surface area contributed by atoms with E-state index in [2.05, 4.69) is 0 Å². The van der Waals surface area contributed by atoms with Crippen LogP contribution in [0.1, 0.15) is 41.4 Å². The molecule has 0 radical (unpaired) electrons. The molecule has 0 atom stereocenters. The van der Waals surface area contributed by atoms with Crippen LogP contribution in [0.25, 0.3) is 0 Å². The molecule has 0 heterocycles. The molecule has 30 heavy (non-hydrogen) atoms. The Morgan fingerprint density at radius 1 is 0.733 bits per heavy atom. The lowest BCUT2D eigenvalue weighted by Crippen LogP contribution is -2.28. The third-order valence-electron chi connectivity index (χ3n) is 4.66. The molecule has 0 saturated heterocycles. The molecule has 0 amide bonds. The van der Waals surface area contributed by atoms with Crippen LogP contribution in [0.15, 0.2) is 70.9 Å². The zero-order valence-electron chi connectivity index (χ0n) is 16.2. The number of hydrogen-bond donors (Lipinski definition) is 0. The van der Waals surface area contributed by atoms with Crippen molar-refractivity contribution in [1.82, 2.24) is 4.90 Å². The Hall–Kier alpha value is -3.02. The number of rotatable bonds is 2. The number of halogens is 2. The number of alkyl halides is 1. The van der Waals surface area contributed by atoms with Crippen LogP contribution in [0, 0.1) is 0 Å². The highest BCUT2D eigenvalue weighted by Crippen LogP contribution is 2.29. The van der Waals surface area contributed by atoms with Crippen molar-refractivity contribution in [2.45, 2.75) is 0 Å². The van der Waals surface area contributed by atoms with Gasteiger partial charge in [-0.1, -0.05) is 60.1 Å². The fraction of sp³-hybridized carbons (Fsp3) is 0.130. The number of ketones is 4. The van der Waals surface area contributed by atoms with Crippen molar-refractivity contribution < 1.29 is 19.2 Å². The van der Waals surface area contributed by atoms with Gasteiger partial charge < -0.3 is 4.90 Å². The summed E-state index contributed by atoms with van der Waals surface area (Å²) in [5.74, 6) is -0.698. The summed E-state index contributed by atoms with van der Waals surface area (Å²) in [6.45, 7) is 0. The topological polar surface area (TPSA) is 71.5 Å². The molecule has 152 valence electrons. The van der Waals surface area contributed by atoms with Crippen LogP contribution >= 0.6 is 23.2 Å². The number of fused-ring (bicyclic) bond motifs is 2. The maximum Gasteiger partial charge on any atom is 0.211 e. The van der Waals surface area contributed by atoms with Crippen LogP contribution in [-0.4, -0.2) is 48.0 Å². The van der Waals surface area contributed by atoms with Gasteiger partial charge in [0.1, 0.15) is 10.7 Å². The molecule has 5 nitrogen and oxygen atoms in total. The first-order valence-electron chi connectivity index (χ1n) is 8.98. The van der Waals surface area contributed by atoms with E-state index >= 15 is 0 Å². The smallest absolute Gasteiger partial charge is 0.211 e. The quantitative estimate of drug-likeness (QED) is 0.649. The van der Waals surface area contributed by atoms with Gasteiger partial charge in [0.2, 0.25) is 11.6 Å². The molecule has 0 fully saturated rings. The first kappa shape index (κ1) is 21.7. The van der Waals surface area contributed by atoms with Crippen molar-refractivity contribution in [3.8, 4) is 0 Å². The van der Waals surface area contributed by atoms with Crippen molar-refractivity contribution in [3.63, 3.8) is 0 Å². The van der Waals surface area contributed by atoms with Gasteiger partial charge in [-0.2, -0.15) is 0 Å².